The molecule has 0 N–H and O–H groups in total. The van der Waals surface area contributed by atoms with Crippen molar-refractivity contribution >= 4 is 17.4 Å². The molecular formula is C14H18ClNO2. The number of aromatic nitrogens is 1. The first-order chi connectivity index (χ1) is 8.23. The summed E-state index contributed by atoms with van der Waals surface area (Å²) in [6.07, 6.45) is 2.28. The van der Waals surface area contributed by atoms with Crippen molar-refractivity contribution in [2.45, 2.75) is 45.3 Å². The maximum Gasteiger partial charge on any atom is 0.188 e. The third-order valence-corrected chi connectivity index (χ3v) is 3.69. The predicted octanol–water partition coefficient (Wildman–Crippen LogP) is 3.51. The van der Waals surface area contributed by atoms with Gasteiger partial charge in [0, 0.05) is 6.20 Å². The summed E-state index contributed by atoms with van der Waals surface area (Å²) in [6, 6.07) is 3.41. The molecule has 0 aliphatic carbocycles. The number of ether oxygens (including phenoxy) is 1. The monoisotopic (exact) mass is 267 g/mol. The van der Waals surface area contributed by atoms with Crippen LogP contribution in [0.1, 0.15) is 44.6 Å². The minimum Gasteiger partial charge on any atom is -0.369 e. The van der Waals surface area contributed by atoms with Gasteiger partial charge < -0.3 is 4.74 Å². The van der Waals surface area contributed by atoms with Gasteiger partial charge in [0.15, 0.2) is 5.78 Å². The molecule has 0 aromatic carbocycles. The van der Waals surface area contributed by atoms with Crippen molar-refractivity contribution < 1.29 is 9.53 Å². The Hall–Kier alpha value is -0.930. The Morgan fingerprint density at radius 1 is 1.44 bits per heavy atom. The summed E-state index contributed by atoms with van der Waals surface area (Å²) in [6.45, 7) is 7.90. The molecule has 1 atom stereocenters. The molecule has 1 aromatic heterocycles. The van der Waals surface area contributed by atoms with Gasteiger partial charge in [0.25, 0.3) is 0 Å². The van der Waals surface area contributed by atoms with Crippen molar-refractivity contribution in [3.63, 3.8) is 0 Å². The minimum absolute atomic E-state index is 0.0313. The molecule has 1 aliphatic heterocycles. The molecule has 98 valence electrons. The zero-order valence-corrected chi connectivity index (χ0v) is 11.9. The highest BCUT2D eigenvalue weighted by molar-refractivity contribution is 6.33. The van der Waals surface area contributed by atoms with E-state index in [-0.39, 0.29) is 17.3 Å². The van der Waals surface area contributed by atoms with Crippen LogP contribution in [0.15, 0.2) is 18.3 Å². The molecule has 4 heteroatoms. The molecule has 0 bridgehead atoms. The van der Waals surface area contributed by atoms with E-state index in [1.807, 2.05) is 27.7 Å². The molecule has 1 unspecified atom stereocenters. The maximum atomic E-state index is 12.5. The van der Waals surface area contributed by atoms with Gasteiger partial charge in [-0.05, 0) is 46.2 Å². The fourth-order valence-corrected chi connectivity index (χ4v) is 2.92. The van der Waals surface area contributed by atoms with E-state index in [0.717, 1.165) is 0 Å². The fourth-order valence-electron chi connectivity index (χ4n) is 2.70. The van der Waals surface area contributed by atoms with Crippen molar-refractivity contribution in [1.82, 2.24) is 4.98 Å². The van der Waals surface area contributed by atoms with Gasteiger partial charge in [-0.2, -0.15) is 0 Å². The second-order valence-electron chi connectivity index (χ2n) is 5.92. The van der Waals surface area contributed by atoms with Crippen LogP contribution in [0.25, 0.3) is 0 Å². The van der Waals surface area contributed by atoms with Gasteiger partial charge in [-0.15, -0.1) is 0 Å². The molecule has 1 saturated heterocycles. The summed E-state index contributed by atoms with van der Waals surface area (Å²) in [4.78, 5) is 16.6. The summed E-state index contributed by atoms with van der Waals surface area (Å²) >= 11 is 6.04. The Morgan fingerprint density at radius 3 is 2.61 bits per heavy atom. The summed E-state index contributed by atoms with van der Waals surface area (Å²) in [5, 5.41) is 0.406. The van der Waals surface area contributed by atoms with Crippen molar-refractivity contribution in [3.8, 4) is 0 Å². The Morgan fingerprint density at radius 2 is 2.11 bits per heavy atom. The zero-order valence-electron chi connectivity index (χ0n) is 11.2. The third kappa shape index (κ3) is 2.43. The average molecular weight is 268 g/mol. The molecule has 3 nitrogen and oxygen atoms in total. The topological polar surface area (TPSA) is 39.2 Å². The molecule has 0 radical (unpaired) electrons. The lowest BCUT2D eigenvalue weighted by Gasteiger charge is -2.26. The highest BCUT2D eigenvalue weighted by atomic mass is 35.5. The number of rotatable bonds is 2. The molecule has 2 heterocycles. The van der Waals surface area contributed by atoms with Gasteiger partial charge in [-0.1, -0.05) is 11.6 Å². The van der Waals surface area contributed by atoms with Crippen LogP contribution < -0.4 is 0 Å². The Kier molecular flexibility index (Phi) is 3.24. The number of carbonyl (C=O) groups is 1. The fraction of sp³-hybridized carbons (Fsp3) is 0.571. The molecule has 18 heavy (non-hydrogen) atoms. The highest BCUT2D eigenvalue weighted by Gasteiger charge is 2.49. The molecular weight excluding hydrogens is 250 g/mol. The molecule has 0 amide bonds. The minimum atomic E-state index is -0.485. The van der Waals surface area contributed by atoms with E-state index in [0.29, 0.717) is 17.1 Å². The molecule has 2 rings (SSSR count). The van der Waals surface area contributed by atoms with Crippen LogP contribution >= 0.6 is 11.6 Å². The Labute approximate surface area is 113 Å². The zero-order chi connectivity index (χ0) is 13.6. The van der Waals surface area contributed by atoms with E-state index in [4.69, 9.17) is 16.3 Å². The van der Waals surface area contributed by atoms with Crippen LogP contribution in [0.2, 0.25) is 5.02 Å². The van der Waals surface area contributed by atoms with Crippen molar-refractivity contribution in [2.75, 3.05) is 0 Å². The van der Waals surface area contributed by atoms with Crippen LogP contribution in [-0.4, -0.2) is 22.0 Å². The summed E-state index contributed by atoms with van der Waals surface area (Å²) in [7, 11) is 0. The van der Waals surface area contributed by atoms with Gasteiger partial charge in [0.2, 0.25) is 0 Å². The van der Waals surface area contributed by atoms with Crippen molar-refractivity contribution in [2.24, 2.45) is 5.92 Å². The van der Waals surface area contributed by atoms with E-state index >= 15 is 0 Å². The largest absolute Gasteiger partial charge is 0.369 e. The van der Waals surface area contributed by atoms with Gasteiger partial charge in [0.1, 0.15) is 5.69 Å². The lowest BCUT2D eigenvalue weighted by molar-refractivity contribution is -0.0712. The SMILES string of the molecule is CC1(C)CC(C(=O)c2ncccc2Cl)C(C)(C)O1. The summed E-state index contributed by atoms with van der Waals surface area (Å²) < 4.78 is 5.94. The van der Waals surface area contributed by atoms with Gasteiger partial charge in [-0.25, -0.2) is 0 Å². The van der Waals surface area contributed by atoms with E-state index < -0.39 is 5.60 Å². The normalized spacial score (nSPS) is 25.1. The molecule has 0 saturated carbocycles. The standard InChI is InChI=1S/C14H18ClNO2/c1-13(2)8-9(14(3,4)18-13)12(17)11-10(15)6-5-7-16-11/h5-7,9H,8H2,1-4H3. The number of hydrogen-bond acceptors (Lipinski definition) is 3. The number of Topliss-reactive ketones (excluding diaryl/α,β-unsaturated/α-hetero) is 1. The number of halogens is 1. The molecule has 1 fully saturated rings. The third-order valence-electron chi connectivity index (χ3n) is 3.38. The Balaban J connectivity index is 2.33. The second-order valence-corrected chi connectivity index (χ2v) is 6.33. The number of ketones is 1. The maximum absolute atomic E-state index is 12.5. The molecule has 1 aliphatic rings. The highest BCUT2D eigenvalue weighted by Crippen LogP contribution is 2.43. The number of carbonyl (C=O) groups excluding carboxylic acids is 1. The van der Waals surface area contributed by atoms with Crippen LogP contribution in [0.5, 0.6) is 0 Å². The van der Waals surface area contributed by atoms with Crippen LogP contribution in [0.3, 0.4) is 0 Å². The van der Waals surface area contributed by atoms with Crippen molar-refractivity contribution in [1.29, 1.82) is 0 Å². The summed E-state index contributed by atoms with van der Waals surface area (Å²) in [5.41, 5.74) is -0.425. The van der Waals surface area contributed by atoms with Gasteiger partial charge in [0.05, 0.1) is 22.1 Å². The lowest BCUT2D eigenvalue weighted by Crippen LogP contribution is -2.34. The van der Waals surface area contributed by atoms with E-state index in [9.17, 15) is 4.79 Å². The van der Waals surface area contributed by atoms with Crippen molar-refractivity contribution in [3.05, 3.63) is 29.0 Å². The first kappa shape index (κ1) is 13.5. The smallest absolute Gasteiger partial charge is 0.188 e. The average Bonchev–Trinajstić information content (AvgIpc) is 2.46. The van der Waals surface area contributed by atoms with E-state index in [1.54, 1.807) is 18.3 Å². The van der Waals surface area contributed by atoms with E-state index in [1.165, 1.54) is 0 Å². The number of pyridine rings is 1. The predicted molar refractivity (Wildman–Crippen MR) is 70.9 cm³/mol. The van der Waals surface area contributed by atoms with Crippen LogP contribution in [0.4, 0.5) is 0 Å². The van der Waals surface area contributed by atoms with Gasteiger partial charge >= 0.3 is 0 Å². The molecule has 0 spiro atoms. The quantitative estimate of drug-likeness (QED) is 0.770. The van der Waals surface area contributed by atoms with Gasteiger partial charge in [-0.3, -0.25) is 9.78 Å². The Bertz CT molecular complexity index is 482. The van der Waals surface area contributed by atoms with E-state index in [2.05, 4.69) is 4.98 Å². The van der Waals surface area contributed by atoms with Crippen LogP contribution in [-0.2, 0) is 4.74 Å². The van der Waals surface area contributed by atoms with Crippen LogP contribution in [0, 0.1) is 5.92 Å². The first-order valence-corrected chi connectivity index (χ1v) is 6.46. The molecule has 1 aromatic rings. The first-order valence-electron chi connectivity index (χ1n) is 6.08. The number of hydrogen-bond donors (Lipinski definition) is 0. The number of nitrogens with zero attached hydrogens (tertiary/aromatic N) is 1. The second kappa shape index (κ2) is 4.32. The lowest BCUT2D eigenvalue weighted by atomic mass is 9.83. The summed E-state index contributed by atoms with van der Waals surface area (Å²) in [5.74, 6) is -0.240.